The topological polar surface area (TPSA) is 29.5 Å². The molecule has 0 radical (unpaired) electrons. The van der Waals surface area contributed by atoms with Crippen molar-refractivity contribution in [2.24, 2.45) is 5.92 Å². The van der Waals surface area contributed by atoms with Crippen molar-refractivity contribution >= 4 is 5.97 Å². The summed E-state index contributed by atoms with van der Waals surface area (Å²) < 4.78 is 5.18. The van der Waals surface area contributed by atoms with Crippen molar-refractivity contribution in [3.05, 3.63) is 0 Å². The Kier molecular flexibility index (Phi) is 7.25. The van der Waals surface area contributed by atoms with E-state index in [-0.39, 0.29) is 5.97 Å². The largest absolute Gasteiger partial charge is 0.465 e. The Labute approximate surface area is 106 Å². The number of hydrogen-bond acceptors (Lipinski definition) is 3. The number of ether oxygens (including phenoxy) is 1. The van der Waals surface area contributed by atoms with Crippen LogP contribution in [0.25, 0.3) is 0 Å². The number of rotatable bonds is 7. The van der Waals surface area contributed by atoms with E-state index >= 15 is 0 Å². The first-order valence-corrected chi connectivity index (χ1v) is 7.14. The molecule has 0 N–H and O–H groups in total. The van der Waals surface area contributed by atoms with E-state index in [9.17, 15) is 4.79 Å². The average molecular weight is 241 g/mol. The third kappa shape index (κ3) is 6.06. The summed E-state index contributed by atoms with van der Waals surface area (Å²) in [5, 5.41) is 0. The molecule has 0 atom stereocenters. The highest BCUT2D eigenvalue weighted by atomic mass is 16.5. The molecule has 3 nitrogen and oxygen atoms in total. The molecule has 0 unspecified atom stereocenters. The van der Waals surface area contributed by atoms with Gasteiger partial charge in [0, 0.05) is 0 Å². The monoisotopic (exact) mass is 241 g/mol. The number of carbonyl (C=O) groups is 1. The van der Waals surface area contributed by atoms with Crippen molar-refractivity contribution in [2.75, 3.05) is 26.2 Å². The van der Waals surface area contributed by atoms with Gasteiger partial charge in [-0.25, -0.2) is 0 Å². The first kappa shape index (κ1) is 14.5. The fourth-order valence-electron chi connectivity index (χ4n) is 2.40. The van der Waals surface area contributed by atoms with Gasteiger partial charge >= 0.3 is 5.97 Å². The SMILES string of the molecule is CCCCOC(=O)CN1CCC(CCC)CC1. The number of piperidine rings is 1. The fourth-order valence-corrected chi connectivity index (χ4v) is 2.40. The summed E-state index contributed by atoms with van der Waals surface area (Å²) in [7, 11) is 0. The van der Waals surface area contributed by atoms with Gasteiger partial charge in [-0.05, 0) is 38.3 Å². The molecule has 0 aliphatic carbocycles. The Morgan fingerprint density at radius 3 is 2.53 bits per heavy atom. The Hall–Kier alpha value is -0.570. The normalized spacial score (nSPS) is 18.2. The van der Waals surface area contributed by atoms with Gasteiger partial charge in [0.1, 0.15) is 0 Å². The van der Waals surface area contributed by atoms with Crippen molar-refractivity contribution < 1.29 is 9.53 Å². The van der Waals surface area contributed by atoms with Gasteiger partial charge in [0.25, 0.3) is 0 Å². The Bertz CT molecular complexity index is 210. The van der Waals surface area contributed by atoms with Crippen LogP contribution in [0.4, 0.5) is 0 Å². The highest BCUT2D eigenvalue weighted by Crippen LogP contribution is 2.21. The van der Waals surface area contributed by atoms with Gasteiger partial charge in [0.2, 0.25) is 0 Å². The molecule has 3 heteroatoms. The molecule has 0 aromatic heterocycles. The van der Waals surface area contributed by atoms with Gasteiger partial charge < -0.3 is 4.74 Å². The van der Waals surface area contributed by atoms with E-state index in [0.29, 0.717) is 13.2 Å². The Morgan fingerprint density at radius 2 is 1.94 bits per heavy atom. The van der Waals surface area contributed by atoms with Crippen molar-refractivity contribution in [2.45, 2.75) is 52.4 Å². The van der Waals surface area contributed by atoms with E-state index in [2.05, 4.69) is 18.7 Å². The van der Waals surface area contributed by atoms with Crippen LogP contribution in [0.1, 0.15) is 52.4 Å². The minimum absolute atomic E-state index is 0.0487. The summed E-state index contributed by atoms with van der Waals surface area (Å²) >= 11 is 0. The van der Waals surface area contributed by atoms with Crippen LogP contribution in [-0.4, -0.2) is 37.1 Å². The first-order chi connectivity index (χ1) is 8.26. The van der Waals surface area contributed by atoms with E-state index in [4.69, 9.17) is 4.74 Å². The minimum atomic E-state index is -0.0487. The molecule has 1 fully saturated rings. The zero-order valence-corrected chi connectivity index (χ0v) is 11.4. The standard InChI is InChI=1S/C14H27NO2/c1-3-5-11-17-14(16)12-15-9-7-13(6-4-2)8-10-15/h13H,3-12H2,1-2H3. The third-order valence-electron chi connectivity index (χ3n) is 3.52. The second-order valence-corrected chi connectivity index (χ2v) is 5.08. The molecule has 17 heavy (non-hydrogen) atoms. The van der Waals surface area contributed by atoms with E-state index in [1.54, 1.807) is 0 Å². The van der Waals surface area contributed by atoms with Crippen LogP contribution >= 0.6 is 0 Å². The van der Waals surface area contributed by atoms with Gasteiger partial charge in [-0.2, -0.15) is 0 Å². The van der Waals surface area contributed by atoms with Gasteiger partial charge in [0.05, 0.1) is 13.2 Å². The molecule has 100 valence electrons. The van der Waals surface area contributed by atoms with Crippen LogP contribution < -0.4 is 0 Å². The molecule has 0 aromatic rings. The number of unbranched alkanes of at least 4 members (excludes halogenated alkanes) is 1. The lowest BCUT2D eigenvalue weighted by molar-refractivity contribution is -0.145. The first-order valence-electron chi connectivity index (χ1n) is 7.14. The Morgan fingerprint density at radius 1 is 1.24 bits per heavy atom. The van der Waals surface area contributed by atoms with Gasteiger partial charge in [-0.1, -0.05) is 33.1 Å². The Balaban J connectivity index is 2.10. The predicted octanol–water partition coefficient (Wildman–Crippen LogP) is 2.84. The molecule has 1 rings (SSSR count). The molecule has 0 aromatic carbocycles. The average Bonchev–Trinajstić information content (AvgIpc) is 2.32. The van der Waals surface area contributed by atoms with Crippen molar-refractivity contribution in [1.82, 2.24) is 4.90 Å². The van der Waals surface area contributed by atoms with E-state index in [1.165, 1.54) is 25.7 Å². The van der Waals surface area contributed by atoms with Crippen LogP contribution in [0.2, 0.25) is 0 Å². The van der Waals surface area contributed by atoms with E-state index < -0.39 is 0 Å². The molecule has 0 saturated carbocycles. The number of esters is 1. The second kappa shape index (κ2) is 8.51. The van der Waals surface area contributed by atoms with Gasteiger partial charge in [-0.3, -0.25) is 9.69 Å². The molecular formula is C14H27NO2. The molecule has 0 spiro atoms. The molecule has 1 heterocycles. The molecule has 1 aliphatic heterocycles. The zero-order chi connectivity index (χ0) is 12.5. The van der Waals surface area contributed by atoms with Crippen molar-refractivity contribution in [3.63, 3.8) is 0 Å². The minimum Gasteiger partial charge on any atom is -0.465 e. The van der Waals surface area contributed by atoms with Gasteiger partial charge in [0.15, 0.2) is 0 Å². The maximum absolute atomic E-state index is 11.5. The molecular weight excluding hydrogens is 214 g/mol. The number of likely N-dealkylation sites (tertiary alicyclic amines) is 1. The lowest BCUT2D eigenvalue weighted by Crippen LogP contribution is -2.38. The third-order valence-corrected chi connectivity index (χ3v) is 3.52. The summed E-state index contributed by atoms with van der Waals surface area (Å²) in [5.74, 6) is 0.833. The summed E-state index contributed by atoms with van der Waals surface area (Å²) in [6.07, 6.45) is 7.17. The lowest BCUT2D eigenvalue weighted by Gasteiger charge is -2.30. The van der Waals surface area contributed by atoms with Gasteiger partial charge in [-0.15, -0.1) is 0 Å². The molecule has 1 aliphatic rings. The summed E-state index contributed by atoms with van der Waals surface area (Å²) in [6.45, 7) is 7.55. The highest BCUT2D eigenvalue weighted by Gasteiger charge is 2.20. The molecule has 1 saturated heterocycles. The summed E-state index contributed by atoms with van der Waals surface area (Å²) in [5.41, 5.74) is 0. The maximum Gasteiger partial charge on any atom is 0.320 e. The quantitative estimate of drug-likeness (QED) is 0.507. The molecule has 0 bridgehead atoms. The van der Waals surface area contributed by atoms with Crippen LogP contribution in [0.5, 0.6) is 0 Å². The highest BCUT2D eigenvalue weighted by molar-refractivity contribution is 5.71. The number of hydrogen-bond donors (Lipinski definition) is 0. The smallest absolute Gasteiger partial charge is 0.320 e. The summed E-state index contributed by atoms with van der Waals surface area (Å²) in [4.78, 5) is 13.8. The van der Waals surface area contributed by atoms with Crippen molar-refractivity contribution in [3.8, 4) is 0 Å². The zero-order valence-electron chi connectivity index (χ0n) is 11.4. The summed E-state index contributed by atoms with van der Waals surface area (Å²) in [6, 6.07) is 0. The van der Waals surface area contributed by atoms with Crippen LogP contribution in [0.3, 0.4) is 0 Å². The number of nitrogens with zero attached hydrogens (tertiary/aromatic N) is 1. The predicted molar refractivity (Wildman–Crippen MR) is 69.9 cm³/mol. The van der Waals surface area contributed by atoms with Crippen LogP contribution in [0, 0.1) is 5.92 Å². The van der Waals surface area contributed by atoms with E-state index in [1.807, 2.05) is 0 Å². The molecule has 0 amide bonds. The number of carbonyl (C=O) groups excluding carboxylic acids is 1. The second-order valence-electron chi connectivity index (χ2n) is 5.08. The van der Waals surface area contributed by atoms with Crippen LogP contribution in [-0.2, 0) is 9.53 Å². The van der Waals surface area contributed by atoms with Crippen molar-refractivity contribution in [1.29, 1.82) is 0 Å². The van der Waals surface area contributed by atoms with Crippen LogP contribution in [0.15, 0.2) is 0 Å². The fraction of sp³-hybridized carbons (Fsp3) is 0.929. The lowest BCUT2D eigenvalue weighted by atomic mass is 9.92. The maximum atomic E-state index is 11.5. The van der Waals surface area contributed by atoms with E-state index in [0.717, 1.165) is 31.8 Å².